The van der Waals surface area contributed by atoms with Gasteiger partial charge in [-0.3, -0.25) is 9.59 Å². The number of anilines is 1. The molecule has 2 aliphatic rings. The highest BCUT2D eigenvalue weighted by atomic mass is 16.2. The Kier molecular flexibility index (Phi) is 4.98. The summed E-state index contributed by atoms with van der Waals surface area (Å²) in [5.41, 5.74) is 0.727. The van der Waals surface area contributed by atoms with Crippen molar-refractivity contribution in [3.05, 3.63) is 22.6 Å². The molecule has 2 saturated heterocycles. The molecule has 1 aromatic heterocycles. The summed E-state index contributed by atoms with van der Waals surface area (Å²) in [6.07, 6.45) is 8.38. The second-order valence-corrected chi connectivity index (χ2v) is 6.70. The van der Waals surface area contributed by atoms with Crippen LogP contribution >= 0.6 is 0 Å². The lowest BCUT2D eigenvalue weighted by Gasteiger charge is -2.35. The first-order chi connectivity index (χ1) is 11.1. The number of hydrogen-bond donors (Lipinski definition) is 0. The van der Waals surface area contributed by atoms with E-state index >= 15 is 0 Å². The summed E-state index contributed by atoms with van der Waals surface area (Å²) in [6.45, 7) is 3.40. The molecular weight excluding hydrogens is 292 g/mol. The van der Waals surface area contributed by atoms with Crippen LogP contribution in [0.2, 0.25) is 0 Å². The van der Waals surface area contributed by atoms with Gasteiger partial charge in [-0.15, -0.1) is 0 Å². The SMILES string of the molecule is Cn1ncc(N2CCCC(C(=O)N3CCCCCC3)C2)cc1=O. The summed E-state index contributed by atoms with van der Waals surface area (Å²) < 4.78 is 1.33. The molecule has 0 aromatic carbocycles. The van der Waals surface area contributed by atoms with Crippen LogP contribution in [0.25, 0.3) is 0 Å². The predicted octanol–water partition coefficient (Wildman–Crippen LogP) is 1.40. The van der Waals surface area contributed by atoms with E-state index < -0.39 is 0 Å². The van der Waals surface area contributed by atoms with Crippen molar-refractivity contribution in [2.45, 2.75) is 38.5 Å². The molecule has 1 unspecified atom stereocenters. The van der Waals surface area contributed by atoms with Crippen molar-refractivity contribution in [1.82, 2.24) is 14.7 Å². The minimum atomic E-state index is -0.108. The van der Waals surface area contributed by atoms with Crippen LogP contribution in [0.5, 0.6) is 0 Å². The van der Waals surface area contributed by atoms with E-state index in [1.807, 2.05) is 0 Å². The third-order valence-corrected chi connectivity index (χ3v) is 5.01. The van der Waals surface area contributed by atoms with Gasteiger partial charge in [0, 0.05) is 39.3 Å². The summed E-state index contributed by atoms with van der Waals surface area (Å²) in [5.74, 6) is 0.347. The largest absolute Gasteiger partial charge is 0.369 e. The van der Waals surface area contributed by atoms with Gasteiger partial charge in [0.2, 0.25) is 5.91 Å². The molecule has 0 radical (unpaired) electrons. The van der Waals surface area contributed by atoms with Crippen LogP contribution in [0.3, 0.4) is 0 Å². The van der Waals surface area contributed by atoms with E-state index in [0.29, 0.717) is 12.5 Å². The zero-order valence-corrected chi connectivity index (χ0v) is 13.9. The first-order valence-electron chi connectivity index (χ1n) is 8.72. The molecule has 0 bridgehead atoms. The number of rotatable bonds is 2. The van der Waals surface area contributed by atoms with Crippen molar-refractivity contribution in [3.63, 3.8) is 0 Å². The summed E-state index contributed by atoms with van der Waals surface area (Å²) >= 11 is 0. The van der Waals surface area contributed by atoms with Crippen LogP contribution in [-0.2, 0) is 11.8 Å². The Hall–Kier alpha value is -1.85. The first kappa shape index (κ1) is 16.0. The standard InChI is InChI=1S/C17H26N4O2/c1-19-16(22)11-15(12-18-19)21-10-6-7-14(13-21)17(23)20-8-4-2-3-5-9-20/h11-12,14H,2-10,13H2,1H3. The molecule has 6 heteroatoms. The summed E-state index contributed by atoms with van der Waals surface area (Å²) in [6, 6.07) is 1.62. The number of aromatic nitrogens is 2. The molecule has 23 heavy (non-hydrogen) atoms. The van der Waals surface area contributed by atoms with Gasteiger partial charge in [-0.1, -0.05) is 12.8 Å². The Morgan fingerprint density at radius 2 is 1.87 bits per heavy atom. The minimum Gasteiger partial charge on any atom is -0.369 e. The number of hydrogen-bond acceptors (Lipinski definition) is 4. The Labute approximate surface area is 137 Å². The fraction of sp³-hybridized carbons (Fsp3) is 0.706. The van der Waals surface area contributed by atoms with Crippen molar-refractivity contribution in [2.75, 3.05) is 31.1 Å². The van der Waals surface area contributed by atoms with E-state index in [2.05, 4.69) is 14.9 Å². The lowest BCUT2D eigenvalue weighted by Crippen LogP contribution is -2.45. The first-order valence-corrected chi connectivity index (χ1v) is 8.72. The fourth-order valence-electron chi connectivity index (χ4n) is 3.60. The van der Waals surface area contributed by atoms with Gasteiger partial charge in [-0.05, 0) is 25.7 Å². The lowest BCUT2D eigenvalue weighted by atomic mass is 9.96. The highest BCUT2D eigenvalue weighted by molar-refractivity contribution is 5.79. The van der Waals surface area contributed by atoms with Crippen LogP contribution in [0, 0.1) is 5.92 Å². The topological polar surface area (TPSA) is 58.4 Å². The van der Waals surface area contributed by atoms with Gasteiger partial charge in [-0.25, -0.2) is 4.68 Å². The third-order valence-electron chi connectivity index (χ3n) is 5.01. The third kappa shape index (κ3) is 3.74. The molecule has 0 aliphatic carbocycles. The number of carbonyl (C=O) groups excluding carboxylic acids is 1. The van der Waals surface area contributed by atoms with E-state index in [4.69, 9.17) is 0 Å². The summed E-state index contributed by atoms with van der Waals surface area (Å²) in [7, 11) is 1.65. The highest BCUT2D eigenvalue weighted by Crippen LogP contribution is 2.24. The highest BCUT2D eigenvalue weighted by Gasteiger charge is 2.29. The van der Waals surface area contributed by atoms with Crippen LogP contribution in [-0.4, -0.2) is 46.8 Å². The van der Waals surface area contributed by atoms with Crippen molar-refractivity contribution in [1.29, 1.82) is 0 Å². The van der Waals surface area contributed by atoms with Crippen molar-refractivity contribution in [2.24, 2.45) is 13.0 Å². The maximum atomic E-state index is 12.8. The normalized spacial score (nSPS) is 22.7. The van der Waals surface area contributed by atoms with Gasteiger partial charge < -0.3 is 9.80 Å². The molecule has 6 nitrogen and oxygen atoms in total. The van der Waals surface area contributed by atoms with Gasteiger partial charge >= 0.3 is 0 Å². The molecule has 0 saturated carbocycles. The zero-order valence-electron chi connectivity index (χ0n) is 13.9. The number of nitrogens with zero attached hydrogens (tertiary/aromatic N) is 4. The second kappa shape index (κ2) is 7.15. The Morgan fingerprint density at radius 3 is 2.57 bits per heavy atom. The molecule has 0 spiro atoms. The van der Waals surface area contributed by atoms with Gasteiger partial charge in [0.15, 0.2) is 0 Å². The molecule has 2 fully saturated rings. The van der Waals surface area contributed by atoms with Crippen molar-refractivity contribution < 1.29 is 4.79 Å². The Balaban J connectivity index is 1.68. The molecule has 1 atom stereocenters. The number of carbonyl (C=O) groups is 1. The van der Waals surface area contributed by atoms with Crippen molar-refractivity contribution >= 4 is 11.6 Å². The maximum Gasteiger partial charge on any atom is 0.268 e. The van der Waals surface area contributed by atoms with Gasteiger partial charge in [0.1, 0.15) is 0 Å². The van der Waals surface area contributed by atoms with E-state index in [1.54, 1.807) is 19.3 Å². The van der Waals surface area contributed by atoms with Gasteiger partial charge in [0.05, 0.1) is 17.8 Å². The molecule has 2 aliphatic heterocycles. The minimum absolute atomic E-state index is 0.0471. The molecule has 1 aromatic rings. The Morgan fingerprint density at radius 1 is 1.13 bits per heavy atom. The zero-order chi connectivity index (χ0) is 16.2. The van der Waals surface area contributed by atoms with Crippen LogP contribution in [0.1, 0.15) is 38.5 Å². The maximum absolute atomic E-state index is 12.8. The number of aryl methyl sites for hydroxylation is 1. The molecule has 126 valence electrons. The number of likely N-dealkylation sites (tertiary alicyclic amines) is 1. The van der Waals surface area contributed by atoms with Gasteiger partial charge in [-0.2, -0.15) is 5.10 Å². The smallest absolute Gasteiger partial charge is 0.268 e. The molecule has 0 N–H and O–H groups in total. The predicted molar refractivity (Wildman–Crippen MR) is 89.5 cm³/mol. The summed E-state index contributed by atoms with van der Waals surface area (Å²) in [5, 5.41) is 4.09. The second-order valence-electron chi connectivity index (χ2n) is 6.70. The molecular formula is C17H26N4O2. The number of amides is 1. The number of piperidine rings is 1. The van der Waals surface area contributed by atoms with E-state index in [0.717, 1.165) is 51.0 Å². The monoisotopic (exact) mass is 318 g/mol. The van der Waals surface area contributed by atoms with E-state index in [-0.39, 0.29) is 11.5 Å². The fourth-order valence-corrected chi connectivity index (χ4v) is 3.60. The van der Waals surface area contributed by atoms with Crippen molar-refractivity contribution in [3.8, 4) is 0 Å². The molecule has 1 amide bonds. The van der Waals surface area contributed by atoms with E-state index in [1.165, 1.54) is 17.5 Å². The average molecular weight is 318 g/mol. The van der Waals surface area contributed by atoms with Gasteiger partial charge in [0.25, 0.3) is 5.56 Å². The van der Waals surface area contributed by atoms with Crippen LogP contribution in [0.15, 0.2) is 17.1 Å². The van der Waals surface area contributed by atoms with Crippen LogP contribution < -0.4 is 10.5 Å². The van der Waals surface area contributed by atoms with E-state index in [9.17, 15) is 9.59 Å². The molecule has 3 rings (SSSR count). The average Bonchev–Trinajstić information content (AvgIpc) is 2.86. The molecule has 3 heterocycles. The lowest BCUT2D eigenvalue weighted by molar-refractivity contribution is -0.135. The van der Waals surface area contributed by atoms with Crippen LogP contribution in [0.4, 0.5) is 5.69 Å². The Bertz CT molecular complexity index is 605. The quantitative estimate of drug-likeness (QED) is 0.827. The summed E-state index contributed by atoms with van der Waals surface area (Å²) in [4.78, 5) is 28.8.